The van der Waals surface area contributed by atoms with Gasteiger partial charge in [-0.1, -0.05) is 0 Å². The maximum absolute atomic E-state index is 12.9. The molecule has 5 nitrogen and oxygen atoms in total. The van der Waals surface area contributed by atoms with Crippen LogP contribution in [-0.4, -0.2) is 29.9 Å². The summed E-state index contributed by atoms with van der Waals surface area (Å²) < 4.78 is 24.0. The number of ether oxygens (including phenoxy) is 1. The molecular weight excluding hydrogens is 311 g/mol. The lowest BCUT2D eigenvalue weighted by atomic mass is 10.0. The number of nitrogens with zero attached hydrogens (tertiary/aromatic N) is 1. The minimum absolute atomic E-state index is 0.0789. The smallest absolute Gasteiger partial charge is 0.289 e. The van der Waals surface area contributed by atoms with Gasteiger partial charge in [-0.05, 0) is 55.7 Å². The normalized spacial score (nSPS) is 17.8. The quantitative estimate of drug-likeness (QED) is 0.914. The summed E-state index contributed by atoms with van der Waals surface area (Å²) >= 11 is 0. The molecule has 0 saturated carbocycles. The number of nitrogens with two attached hydrogens (primary N) is 1. The van der Waals surface area contributed by atoms with Gasteiger partial charge in [0.2, 0.25) is 0 Å². The Bertz CT molecular complexity index is 684. The molecule has 6 heteroatoms. The number of piperidine rings is 1. The molecule has 1 saturated heterocycles. The van der Waals surface area contributed by atoms with Crippen LogP contribution in [0.15, 0.2) is 40.8 Å². The molecule has 2 heterocycles. The summed E-state index contributed by atoms with van der Waals surface area (Å²) in [5, 5.41) is 0. The van der Waals surface area contributed by atoms with E-state index >= 15 is 0 Å². The number of benzene rings is 1. The third-order valence-electron chi connectivity index (χ3n) is 4.23. The molecule has 1 amide bonds. The second-order valence-corrected chi connectivity index (χ2v) is 5.89. The molecule has 3 rings (SSSR count). The third kappa shape index (κ3) is 3.76. The molecule has 24 heavy (non-hydrogen) atoms. The van der Waals surface area contributed by atoms with Crippen molar-refractivity contribution in [3.8, 4) is 5.75 Å². The van der Waals surface area contributed by atoms with Crippen LogP contribution < -0.4 is 10.5 Å². The van der Waals surface area contributed by atoms with Gasteiger partial charge in [0.25, 0.3) is 5.91 Å². The number of carbonyl (C=O) groups excluding carboxylic acids is 1. The van der Waals surface area contributed by atoms with Crippen LogP contribution in [-0.2, 0) is 6.61 Å². The van der Waals surface area contributed by atoms with Crippen LogP contribution >= 0.6 is 0 Å². The molecule has 1 aromatic carbocycles. The second kappa shape index (κ2) is 7.49. The average Bonchev–Trinajstić information content (AvgIpc) is 3.09. The zero-order valence-corrected chi connectivity index (χ0v) is 13.4. The van der Waals surface area contributed by atoms with Gasteiger partial charge in [0.05, 0.1) is 0 Å². The summed E-state index contributed by atoms with van der Waals surface area (Å²) in [5.74, 6) is 0.944. The Balaban J connectivity index is 1.62. The fourth-order valence-electron chi connectivity index (χ4n) is 2.91. The molecule has 0 radical (unpaired) electrons. The fraction of sp³-hybridized carbons (Fsp3) is 0.389. The lowest BCUT2D eigenvalue weighted by Crippen LogP contribution is -2.47. The Hall–Kier alpha value is -2.34. The van der Waals surface area contributed by atoms with Crippen molar-refractivity contribution >= 4 is 5.91 Å². The highest BCUT2D eigenvalue weighted by atomic mass is 19.1. The number of amides is 1. The Kier molecular flexibility index (Phi) is 5.15. The SMILES string of the molecule is NCC1CCCCN1C(=O)c1ccc(COc2ccc(F)cc2)o1. The third-order valence-corrected chi connectivity index (χ3v) is 4.23. The van der Waals surface area contributed by atoms with Crippen molar-refractivity contribution in [2.24, 2.45) is 5.73 Å². The second-order valence-electron chi connectivity index (χ2n) is 5.89. The summed E-state index contributed by atoms with van der Waals surface area (Å²) in [4.78, 5) is 14.4. The largest absolute Gasteiger partial charge is 0.486 e. The number of hydrogen-bond donors (Lipinski definition) is 1. The van der Waals surface area contributed by atoms with Gasteiger partial charge in [0.1, 0.15) is 23.9 Å². The number of halogens is 1. The van der Waals surface area contributed by atoms with Crippen molar-refractivity contribution in [2.45, 2.75) is 31.9 Å². The van der Waals surface area contributed by atoms with Gasteiger partial charge in [0, 0.05) is 19.1 Å². The first-order chi connectivity index (χ1) is 11.7. The molecule has 1 aliphatic heterocycles. The molecule has 2 N–H and O–H groups in total. The molecule has 0 spiro atoms. The molecule has 0 bridgehead atoms. The van der Waals surface area contributed by atoms with Gasteiger partial charge >= 0.3 is 0 Å². The summed E-state index contributed by atoms with van der Waals surface area (Å²) in [7, 11) is 0. The molecule has 1 fully saturated rings. The van der Waals surface area contributed by atoms with E-state index in [2.05, 4.69) is 0 Å². The van der Waals surface area contributed by atoms with E-state index in [1.54, 1.807) is 29.2 Å². The van der Waals surface area contributed by atoms with E-state index in [0.29, 0.717) is 30.4 Å². The van der Waals surface area contributed by atoms with E-state index in [1.165, 1.54) is 12.1 Å². The van der Waals surface area contributed by atoms with Crippen LogP contribution in [0.25, 0.3) is 0 Å². The van der Waals surface area contributed by atoms with Gasteiger partial charge in [-0.25, -0.2) is 4.39 Å². The number of carbonyl (C=O) groups is 1. The topological polar surface area (TPSA) is 68.7 Å². The van der Waals surface area contributed by atoms with Crippen molar-refractivity contribution in [1.29, 1.82) is 0 Å². The lowest BCUT2D eigenvalue weighted by molar-refractivity contribution is 0.0587. The molecule has 1 unspecified atom stereocenters. The first kappa shape index (κ1) is 16.5. The zero-order valence-electron chi connectivity index (χ0n) is 13.4. The summed E-state index contributed by atoms with van der Waals surface area (Å²) in [6.07, 6.45) is 3.02. The fourth-order valence-corrected chi connectivity index (χ4v) is 2.91. The molecule has 1 aromatic heterocycles. The van der Waals surface area contributed by atoms with Crippen LogP contribution in [0.3, 0.4) is 0 Å². The summed E-state index contributed by atoms with van der Waals surface area (Å²) in [6, 6.07) is 9.21. The van der Waals surface area contributed by atoms with Crippen molar-refractivity contribution < 1.29 is 18.3 Å². The van der Waals surface area contributed by atoms with E-state index in [-0.39, 0.29) is 24.4 Å². The summed E-state index contributed by atoms with van der Waals surface area (Å²) in [5.41, 5.74) is 5.77. The predicted octanol–water partition coefficient (Wildman–Crippen LogP) is 2.95. The Labute approximate surface area is 140 Å². The number of rotatable bonds is 5. The maximum atomic E-state index is 12.9. The van der Waals surface area contributed by atoms with E-state index in [4.69, 9.17) is 14.9 Å². The van der Waals surface area contributed by atoms with Crippen LogP contribution in [0.2, 0.25) is 0 Å². The minimum atomic E-state index is -0.316. The average molecular weight is 332 g/mol. The first-order valence-electron chi connectivity index (χ1n) is 8.15. The summed E-state index contributed by atoms with van der Waals surface area (Å²) in [6.45, 7) is 1.36. The molecule has 1 aliphatic rings. The van der Waals surface area contributed by atoms with Crippen LogP contribution in [0.4, 0.5) is 4.39 Å². The van der Waals surface area contributed by atoms with Gasteiger partial charge in [-0.2, -0.15) is 0 Å². The molecule has 1 atom stereocenters. The van der Waals surface area contributed by atoms with Crippen LogP contribution in [0, 0.1) is 5.82 Å². The molecule has 0 aliphatic carbocycles. The highest BCUT2D eigenvalue weighted by Gasteiger charge is 2.28. The van der Waals surface area contributed by atoms with Gasteiger partial charge in [0.15, 0.2) is 5.76 Å². The van der Waals surface area contributed by atoms with E-state index < -0.39 is 0 Å². The molecule has 128 valence electrons. The lowest BCUT2D eigenvalue weighted by Gasteiger charge is -2.34. The highest BCUT2D eigenvalue weighted by molar-refractivity contribution is 5.91. The highest BCUT2D eigenvalue weighted by Crippen LogP contribution is 2.21. The van der Waals surface area contributed by atoms with E-state index in [1.807, 2.05) is 0 Å². The maximum Gasteiger partial charge on any atom is 0.289 e. The van der Waals surface area contributed by atoms with Crippen molar-refractivity contribution in [3.63, 3.8) is 0 Å². The van der Waals surface area contributed by atoms with Crippen molar-refractivity contribution in [3.05, 3.63) is 53.7 Å². The van der Waals surface area contributed by atoms with Gasteiger partial charge in [-0.15, -0.1) is 0 Å². The van der Waals surface area contributed by atoms with Gasteiger partial charge in [-0.3, -0.25) is 4.79 Å². The predicted molar refractivity (Wildman–Crippen MR) is 87.2 cm³/mol. The monoisotopic (exact) mass is 332 g/mol. The van der Waals surface area contributed by atoms with Crippen LogP contribution in [0.1, 0.15) is 35.6 Å². The van der Waals surface area contributed by atoms with Crippen LogP contribution in [0.5, 0.6) is 5.75 Å². The van der Waals surface area contributed by atoms with E-state index in [0.717, 1.165) is 19.3 Å². The van der Waals surface area contributed by atoms with E-state index in [9.17, 15) is 9.18 Å². The minimum Gasteiger partial charge on any atom is -0.486 e. The van der Waals surface area contributed by atoms with Crippen molar-refractivity contribution in [1.82, 2.24) is 4.90 Å². The van der Waals surface area contributed by atoms with Gasteiger partial charge < -0.3 is 19.8 Å². The number of hydrogen-bond acceptors (Lipinski definition) is 4. The standard InChI is InChI=1S/C18H21FN2O3/c19-13-4-6-15(7-5-13)23-12-16-8-9-17(24-16)18(22)21-10-2-1-3-14(21)11-20/h4-9,14H,1-3,10-12,20H2. The Morgan fingerprint density at radius 3 is 2.79 bits per heavy atom. The number of furan rings is 1. The number of likely N-dealkylation sites (tertiary alicyclic amines) is 1. The van der Waals surface area contributed by atoms with Crippen molar-refractivity contribution in [2.75, 3.05) is 13.1 Å². The molecule has 2 aromatic rings. The first-order valence-corrected chi connectivity index (χ1v) is 8.15. The Morgan fingerprint density at radius 2 is 2.04 bits per heavy atom. The Morgan fingerprint density at radius 1 is 1.25 bits per heavy atom. The molecular formula is C18H21FN2O3. The zero-order chi connectivity index (χ0) is 16.9.